The SMILES string of the molecule is Cl.O=C(CCN1Cc2ccccc2-c2ccccc2C1)N1CCNCC1. The lowest BCUT2D eigenvalue weighted by Crippen LogP contribution is -2.47. The highest BCUT2D eigenvalue weighted by atomic mass is 35.5. The van der Waals surface area contributed by atoms with E-state index in [1.54, 1.807) is 0 Å². The smallest absolute Gasteiger partial charge is 0.223 e. The molecule has 0 radical (unpaired) electrons. The second-order valence-corrected chi connectivity index (χ2v) is 6.91. The number of rotatable bonds is 3. The standard InChI is InChI=1S/C21H25N3O.ClH/c25-21(24-13-10-22-11-14-24)9-12-23-15-17-5-1-3-7-19(17)20-8-4-2-6-18(20)16-23;/h1-8,22H,9-16H2;1H. The van der Waals surface area contributed by atoms with Gasteiger partial charge in [0.2, 0.25) is 5.91 Å². The maximum absolute atomic E-state index is 12.5. The van der Waals surface area contributed by atoms with Crippen LogP contribution in [0.25, 0.3) is 11.1 Å². The third-order valence-electron chi connectivity index (χ3n) is 5.22. The van der Waals surface area contributed by atoms with Gasteiger partial charge < -0.3 is 10.2 Å². The Morgan fingerprint density at radius 2 is 1.42 bits per heavy atom. The van der Waals surface area contributed by atoms with Crippen LogP contribution >= 0.6 is 12.4 Å². The van der Waals surface area contributed by atoms with Crippen LogP contribution in [0.3, 0.4) is 0 Å². The molecular weight excluding hydrogens is 346 g/mol. The third-order valence-corrected chi connectivity index (χ3v) is 5.22. The maximum atomic E-state index is 12.5. The zero-order valence-corrected chi connectivity index (χ0v) is 15.8. The Morgan fingerprint density at radius 1 is 0.885 bits per heavy atom. The molecule has 2 aromatic rings. The fraction of sp³-hybridized carbons (Fsp3) is 0.381. The third kappa shape index (κ3) is 4.09. The fourth-order valence-corrected chi connectivity index (χ4v) is 3.86. The second-order valence-electron chi connectivity index (χ2n) is 6.91. The van der Waals surface area contributed by atoms with Crippen LogP contribution in [0.2, 0.25) is 0 Å². The Morgan fingerprint density at radius 3 is 2.00 bits per heavy atom. The van der Waals surface area contributed by atoms with Crippen LogP contribution in [-0.4, -0.2) is 48.4 Å². The predicted octanol–water partition coefficient (Wildman–Crippen LogP) is 2.91. The van der Waals surface area contributed by atoms with E-state index in [0.717, 1.165) is 45.8 Å². The van der Waals surface area contributed by atoms with Gasteiger partial charge in [-0.3, -0.25) is 9.69 Å². The molecule has 0 atom stereocenters. The van der Waals surface area contributed by atoms with E-state index in [0.29, 0.717) is 6.42 Å². The number of hydrogen-bond acceptors (Lipinski definition) is 3. The molecule has 0 bridgehead atoms. The van der Waals surface area contributed by atoms with Crippen molar-refractivity contribution in [1.82, 2.24) is 15.1 Å². The van der Waals surface area contributed by atoms with Crippen molar-refractivity contribution in [3.8, 4) is 11.1 Å². The molecule has 1 amide bonds. The van der Waals surface area contributed by atoms with Gasteiger partial charge in [0.25, 0.3) is 0 Å². The van der Waals surface area contributed by atoms with Crippen LogP contribution in [0.15, 0.2) is 48.5 Å². The van der Waals surface area contributed by atoms with Gasteiger partial charge in [-0.15, -0.1) is 12.4 Å². The van der Waals surface area contributed by atoms with E-state index < -0.39 is 0 Å². The molecule has 2 aliphatic heterocycles. The number of carbonyl (C=O) groups is 1. The Labute approximate surface area is 161 Å². The van der Waals surface area contributed by atoms with Crippen molar-refractivity contribution < 1.29 is 4.79 Å². The van der Waals surface area contributed by atoms with E-state index in [4.69, 9.17) is 0 Å². The molecule has 4 nitrogen and oxygen atoms in total. The van der Waals surface area contributed by atoms with Gasteiger partial charge in [0.15, 0.2) is 0 Å². The minimum Gasteiger partial charge on any atom is -0.340 e. The van der Waals surface area contributed by atoms with Crippen molar-refractivity contribution in [2.75, 3.05) is 32.7 Å². The molecule has 1 N–H and O–H groups in total. The van der Waals surface area contributed by atoms with Gasteiger partial charge in [-0.05, 0) is 22.3 Å². The number of nitrogens with one attached hydrogen (secondary N) is 1. The largest absolute Gasteiger partial charge is 0.340 e. The van der Waals surface area contributed by atoms with Crippen LogP contribution in [0.5, 0.6) is 0 Å². The highest BCUT2D eigenvalue weighted by Gasteiger charge is 2.21. The molecule has 0 spiro atoms. The van der Waals surface area contributed by atoms with Gasteiger partial charge in [0.05, 0.1) is 0 Å². The first-order valence-corrected chi connectivity index (χ1v) is 9.18. The molecule has 1 fully saturated rings. The molecule has 2 heterocycles. The van der Waals surface area contributed by atoms with E-state index in [9.17, 15) is 4.79 Å². The molecule has 0 unspecified atom stereocenters. The summed E-state index contributed by atoms with van der Waals surface area (Å²) in [6.07, 6.45) is 0.602. The van der Waals surface area contributed by atoms with E-state index in [2.05, 4.69) is 58.7 Å². The molecule has 5 heteroatoms. The average Bonchev–Trinajstić information content (AvgIpc) is 2.83. The van der Waals surface area contributed by atoms with Crippen LogP contribution in [-0.2, 0) is 17.9 Å². The Balaban J connectivity index is 0.00000196. The number of carbonyl (C=O) groups excluding carboxylic acids is 1. The molecule has 0 saturated carbocycles. The van der Waals surface area contributed by atoms with Crippen molar-refractivity contribution in [2.24, 2.45) is 0 Å². The van der Waals surface area contributed by atoms with Crippen LogP contribution in [0.1, 0.15) is 17.5 Å². The van der Waals surface area contributed by atoms with E-state index in [1.807, 2.05) is 4.90 Å². The zero-order chi connectivity index (χ0) is 17.1. The van der Waals surface area contributed by atoms with Crippen molar-refractivity contribution >= 4 is 18.3 Å². The molecule has 0 aliphatic carbocycles. The van der Waals surface area contributed by atoms with Gasteiger partial charge in [-0.1, -0.05) is 48.5 Å². The van der Waals surface area contributed by atoms with Gasteiger partial charge >= 0.3 is 0 Å². The molecule has 4 rings (SSSR count). The first-order valence-electron chi connectivity index (χ1n) is 9.18. The summed E-state index contributed by atoms with van der Waals surface area (Å²) >= 11 is 0. The van der Waals surface area contributed by atoms with E-state index in [1.165, 1.54) is 22.3 Å². The number of amides is 1. The van der Waals surface area contributed by atoms with Gasteiger partial charge in [-0.25, -0.2) is 0 Å². The minimum absolute atomic E-state index is 0. The van der Waals surface area contributed by atoms with Crippen molar-refractivity contribution in [2.45, 2.75) is 19.5 Å². The number of halogens is 1. The van der Waals surface area contributed by atoms with Gasteiger partial charge in [-0.2, -0.15) is 0 Å². The highest BCUT2D eigenvalue weighted by Crippen LogP contribution is 2.32. The topological polar surface area (TPSA) is 35.6 Å². The Bertz CT molecular complexity index is 711. The number of fused-ring (bicyclic) bond motifs is 3. The number of hydrogen-bond donors (Lipinski definition) is 1. The summed E-state index contributed by atoms with van der Waals surface area (Å²) in [6.45, 7) is 6.12. The molecule has 0 aromatic heterocycles. The molecule has 2 aromatic carbocycles. The lowest BCUT2D eigenvalue weighted by atomic mass is 9.97. The van der Waals surface area contributed by atoms with Gasteiger partial charge in [0, 0.05) is 52.2 Å². The summed E-state index contributed by atoms with van der Waals surface area (Å²) in [5, 5.41) is 3.30. The predicted molar refractivity (Wildman–Crippen MR) is 107 cm³/mol. The summed E-state index contributed by atoms with van der Waals surface area (Å²) in [4.78, 5) is 16.9. The molecule has 138 valence electrons. The van der Waals surface area contributed by atoms with E-state index in [-0.39, 0.29) is 18.3 Å². The normalized spacial score (nSPS) is 16.8. The van der Waals surface area contributed by atoms with Crippen LogP contribution in [0.4, 0.5) is 0 Å². The highest BCUT2D eigenvalue weighted by molar-refractivity contribution is 5.85. The first kappa shape index (κ1) is 18.9. The molecular formula is C21H26ClN3O. The quantitative estimate of drug-likeness (QED) is 0.901. The van der Waals surface area contributed by atoms with Crippen molar-refractivity contribution in [3.63, 3.8) is 0 Å². The monoisotopic (exact) mass is 371 g/mol. The lowest BCUT2D eigenvalue weighted by Gasteiger charge is -2.28. The summed E-state index contributed by atoms with van der Waals surface area (Å²) < 4.78 is 0. The summed E-state index contributed by atoms with van der Waals surface area (Å²) in [5.74, 6) is 0.285. The Kier molecular flexibility index (Phi) is 6.30. The average molecular weight is 372 g/mol. The molecule has 26 heavy (non-hydrogen) atoms. The Hall–Kier alpha value is -1.88. The summed E-state index contributed by atoms with van der Waals surface area (Å²) in [6, 6.07) is 17.3. The number of nitrogens with zero attached hydrogens (tertiary/aromatic N) is 2. The van der Waals surface area contributed by atoms with Crippen molar-refractivity contribution in [3.05, 3.63) is 59.7 Å². The lowest BCUT2D eigenvalue weighted by molar-refractivity contribution is -0.132. The maximum Gasteiger partial charge on any atom is 0.223 e. The number of benzene rings is 2. The first-order chi connectivity index (χ1) is 12.3. The molecule has 2 aliphatic rings. The summed E-state index contributed by atoms with van der Waals surface area (Å²) in [5.41, 5.74) is 5.35. The fourth-order valence-electron chi connectivity index (χ4n) is 3.86. The second kappa shape index (κ2) is 8.67. The van der Waals surface area contributed by atoms with Crippen molar-refractivity contribution in [1.29, 1.82) is 0 Å². The van der Waals surface area contributed by atoms with Crippen LogP contribution in [0, 0.1) is 0 Å². The van der Waals surface area contributed by atoms with Crippen LogP contribution < -0.4 is 5.32 Å². The molecule has 1 saturated heterocycles. The number of piperazine rings is 1. The van der Waals surface area contributed by atoms with E-state index >= 15 is 0 Å². The summed E-state index contributed by atoms with van der Waals surface area (Å²) in [7, 11) is 0. The minimum atomic E-state index is 0. The van der Waals surface area contributed by atoms with Gasteiger partial charge in [0.1, 0.15) is 0 Å². The zero-order valence-electron chi connectivity index (χ0n) is 15.0.